The molecule has 3 atom stereocenters. The Hall–Kier alpha value is -0.120. The number of aliphatic hydroxyl groups excluding tert-OH is 1. The van der Waals surface area contributed by atoms with Crippen LogP contribution in [0.4, 0.5) is 0 Å². The Balaban J connectivity index is 2.29. The molecule has 114 valence electrons. The van der Waals surface area contributed by atoms with Crippen LogP contribution in [0.5, 0.6) is 0 Å². The summed E-state index contributed by atoms with van der Waals surface area (Å²) in [5, 5.41) is 13.5. The van der Waals surface area contributed by atoms with Crippen molar-refractivity contribution in [1.29, 1.82) is 0 Å². The van der Waals surface area contributed by atoms with Crippen LogP contribution < -0.4 is 5.32 Å². The van der Waals surface area contributed by atoms with Gasteiger partial charge in [0.15, 0.2) is 0 Å². The molecule has 1 fully saturated rings. The molecule has 1 aliphatic carbocycles. The molecule has 0 aliphatic heterocycles. The van der Waals surface area contributed by atoms with Gasteiger partial charge < -0.3 is 15.2 Å². The Morgan fingerprint density at radius 2 is 1.84 bits per heavy atom. The third kappa shape index (κ3) is 6.73. The maximum absolute atomic E-state index is 9.98. The zero-order valence-corrected chi connectivity index (χ0v) is 13.4. The van der Waals surface area contributed by atoms with Crippen molar-refractivity contribution >= 4 is 0 Å². The van der Waals surface area contributed by atoms with Crippen LogP contribution in [0.25, 0.3) is 0 Å². The summed E-state index contributed by atoms with van der Waals surface area (Å²) in [6.07, 6.45) is 4.83. The van der Waals surface area contributed by atoms with E-state index in [0.717, 1.165) is 11.8 Å². The first-order chi connectivity index (χ1) is 8.79. The fourth-order valence-electron chi connectivity index (χ4n) is 2.90. The third-order valence-corrected chi connectivity index (χ3v) is 4.00. The molecule has 0 aromatic carbocycles. The molecule has 19 heavy (non-hydrogen) atoms. The predicted octanol–water partition coefficient (Wildman–Crippen LogP) is 2.97. The second-order valence-electron chi connectivity index (χ2n) is 7.28. The van der Waals surface area contributed by atoms with Crippen LogP contribution in [0, 0.1) is 11.8 Å². The van der Waals surface area contributed by atoms with Crippen LogP contribution in [-0.2, 0) is 4.74 Å². The normalized spacial score (nSPS) is 26.7. The molecule has 0 bridgehead atoms. The second kappa shape index (κ2) is 7.61. The second-order valence-corrected chi connectivity index (χ2v) is 7.28. The first-order valence-electron chi connectivity index (χ1n) is 7.85. The summed E-state index contributed by atoms with van der Waals surface area (Å²) in [5.41, 5.74) is -0.174. The smallest absolute Gasteiger partial charge is 0.0898 e. The molecule has 3 nitrogen and oxygen atoms in total. The van der Waals surface area contributed by atoms with E-state index in [9.17, 15) is 5.11 Å². The summed E-state index contributed by atoms with van der Waals surface area (Å²) in [4.78, 5) is 0. The fourth-order valence-corrected chi connectivity index (χ4v) is 2.90. The molecule has 0 aromatic heterocycles. The van der Waals surface area contributed by atoms with Crippen LogP contribution >= 0.6 is 0 Å². The summed E-state index contributed by atoms with van der Waals surface area (Å²) in [6, 6.07) is 0.568. The summed E-state index contributed by atoms with van der Waals surface area (Å²) in [5.74, 6) is 1.48. The zero-order valence-electron chi connectivity index (χ0n) is 13.4. The van der Waals surface area contributed by atoms with E-state index in [1.807, 2.05) is 20.8 Å². The standard InChI is InChI=1S/C16H33NO2/c1-12(2)14-8-6-7-9-15(14)17-10-13(18)11-19-16(3,4)5/h12-15,17-18H,6-11H2,1-5H3. The van der Waals surface area contributed by atoms with Gasteiger partial charge in [0.05, 0.1) is 18.3 Å². The first-order valence-corrected chi connectivity index (χ1v) is 7.85. The van der Waals surface area contributed by atoms with Crippen LogP contribution in [0.2, 0.25) is 0 Å². The zero-order chi connectivity index (χ0) is 14.5. The Morgan fingerprint density at radius 3 is 2.42 bits per heavy atom. The highest BCUT2D eigenvalue weighted by molar-refractivity contribution is 4.83. The van der Waals surface area contributed by atoms with Gasteiger partial charge >= 0.3 is 0 Å². The van der Waals surface area contributed by atoms with Crippen molar-refractivity contribution in [3.63, 3.8) is 0 Å². The van der Waals surface area contributed by atoms with E-state index in [1.165, 1.54) is 25.7 Å². The molecule has 0 spiro atoms. The van der Waals surface area contributed by atoms with Crippen LogP contribution in [0.15, 0.2) is 0 Å². The summed E-state index contributed by atoms with van der Waals surface area (Å²) in [7, 11) is 0. The van der Waals surface area contributed by atoms with E-state index in [2.05, 4.69) is 19.2 Å². The van der Waals surface area contributed by atoms with Crippen molar-refractivity contribution in [3.05, 3.63) is 0 Å². The monoisotopic (exact) mass is 271 g/mol. The van der Waals surface area contributed by atoms with Gasteiger partial charge in [0.2, 0.25) is 0 Å². The van der Waals surface area contributed by atoms with Gasteiger partial charge in [0.1, 0.15) is 0 Å². The number of aliphatic hydroxyl groups is 1. The lowest BCUT2D eigenvalue weighted by molar-refractivity contribution is -0.0491. The molecular weight excluding hydrogens is 238 g/mol. The average molecular weight is 271 g/mol. The van der Waals surface area contributed by atoms with E-state index in [-0.39, 0.29) is 5.60 Å². The highest BCUT2D eigenvalue weighted by Gasteiger charge is 2.27. The number of rotatable bonds is 6. The van der Waals surface area contributed by atoms with Gasteiger partial charge in [0, 0.05) is 12.6 Å². The van der Waals surface area contributed by atoms with E-state index in [1.54, 1.807) is 0 Å². The van der Waals surface area contributed by atoms with E-state index in [0.29, 0.717) is 19.2 Å². The number of nitrogens with one attached hydrogen (secondary N) is 1. The average Bonchev–Trinajstić information content (AvgIpc) is 2.33. The van der Waals surface area contributed by atoms with Gasteiger partial charge in [-0.05, 0) is 45.4 Å². The van der Waals surface area contributed by atoms with Crippen LogP contribution in [0.1, 0.15) is 60.3 Å². The maximum atomic E-state index is 9.98. The van der Waals surface area contributed by atoms with Crippen molar-refractivity contribution in [3.8, 4) is 0 Å². The molecule has 3 unspecified atom stereocenters. The Bertz CT molecular complexity index is 248. The topological polar surface area (TPSA) is 41.5 Å². The minimum atomic E-state index is -0.408. The molecule has 0 radical (unpaired) electrons. The lowest BCUT2D eigenvalue weighted by Gasteiger charge is -2.35. The predicted molar refractivity (Wildman–Crippen MR) is 80.3 cm³/mol. The number of ether oxygens (including phenoxy) is 1. The van der Waals surface area contributed by atoms with Gasteiger partial charge in [-0.25, -0.2) is 0 Å². The van der Waals surface area contributed by atoms with E-state index < -0.39 is 6.10 Å². The van der Waals surface area contributed by atoms with Crippen molar-refractivity contribution in [1.82, 2.24) is 5.32 Å². The highest BCUT2D eigenvalue weighted by Crippen LogP contribution is 2.30. The minimum Gasteiger partial charge on any atom is -0.389 e. The largest absolute Gasteiger partial charge is 0.389 e. The molecule has 3 heteroatoms. The number of hydrogen-bond donors (Lipinski definition) is 2. The maximum Gasteiger partial charge on any atom is 0.0898 e. The molecule has 0 amide bonds. The molecule has 0 heterocycles. The van der Waals surface area contributed by atoms with Crippen molar-refractivity contribution in [2.75, 3.05) is 13.2 Å². The fraction of sp³-hybridized carbons (Fsp3) is 1.00. The third-order valence-electron chi connectivity index (χ3n) is 4.00. The van der Waals surface area contributed by atoms with Crippen molar-refractivity contribution < 1.29 is 9.84 Å². The Morgan fingerprint density at radius 1 is 1.21 bits per heavy atom. The SMILES string of the molecule is CC(C)C1CCCCC1NCC(O)COC(C)(C)C. The number of hydrogen-bond acceptors (Lipinski definition) is 3. The van der Waals surface area contributed by atoms with Gasteiger partial charge in [-0.2, -0.15) is 0 Å². The molecular formula is C16H33NO2. The quantitative estimate of drug-likeness (QED) is 0.780. The van der Waals surface area contributed by atoms with Gasteiger partial charge in [-0.1, -0.05) is 26.7 Å². The lowest BCUT2D eigenvalue weighted by Crippen LogP contribution is -2.45. The van der Waals surface area contributed by atoms with E-state index >= 15 is 0 Å². The van der Waals surface area contributed by atoms with Gasteiger partial charge in [-0.15, -0.1) is 0 Å². The Labute approximate surface area is 119 Å². The highest BCUT2D eigenvalue weighted by atomic mass is 16.5. The lowest BCUT2D eigenvalue weighted by atomic mass is 9.78. The van der Waals surface area contributed by atoms with Crippen molar-refractivity contribution in [2.24, 2.45) is 11.8 Å². The molecule has 0 aromatic rings. The van der Waals surface area contributed by atoms with Crippen LogP contribution in [0.3, 0.4) is 0 Å². The molecule has 1 saturated carbocycles. The summed E-state index contributed by atoms with van der Waals surface area (Å²) >= 11 is 0. The van der Waals surface area contributed by atoms with Crippen molar-refractivity contribution in [2.45, 2.75) is 78.0 Å². The minimum absolute atomic E-state index is 0.174. The molecule has 0 saturated heterocycles. The summed E-state index contributed by atoms with van der Waals surface area (Å²) in [6.45, 7) is 11.7. The van der Waals surface area contributed by atoms with Gasteiger partial charge in [-0.3, -0.25) is 0 Å². The van der Waals surface area contributed by atoms with Crippen LogP contribution in [-0.4, -0.2) is 36.0 Å². The van der Waals surface area contributed by atoms with Gasteiger partial charge in [0.25, 0.3) is 0 Å². The molecule has 1 rings (SSSR count). The summed E-state index contributed by atoms with van der Waals surface area (Å²) < 4.78 is 5.62. The molecule has 1 aliphatic rings. The Kier molecular flexibility index (Phi) is 6.78. The first kappa shape index (κ1) is 16.9. The molecule has 2 N–H and O–H groups in total. The van der Waals surface area contributed by atoms with E-state index in [4.69, 9.17) is 4.74 Å².